The van der Waals surface area contributed by atoms with Gasteiger partial charge in [0.15, 0.2) is 5.60 Å². The Hall–Kier alpha value is -4.29. The molecule has 0 bridgehead atoms. The smallest absolute Gasteiger partial charge is 0.280 e. The third-order valence-corrected chi connectivity index (χ3v) is 5.22. The van der Waals surface area contributed by atoms with E-state index in [1.807, 2.05) is 0 Å². The van der Waals surface area contributed by atoms with Crippen LogP contribution in [0.5, 0.6) is 0 Å². The minimum atomic E-state index is -2.11. The Bertz CT molecular complexity index is 1210. The molecule has 0 unspecified atom stereocenters. The second-order valence-corrected chi connectivity index (χ2v) is 7.37. The van der Waals surface area contributed by atoms with Crippen LogP contribution in [-0.4, -0.2) is 16.9 Å². The Morgan fingerprint density at radius 2 is 1.24 bits per heavy atom. The molecule has 4 rings (SSSR count). The molecule has 5 nitrogen and oxygen atoms in total. The van der Waals surface area contributed by atoms with Crippen molar-refractivity contribution in [2.24, 2.45) is 0 Å². The number of hydrogen-bond acceptors (Lipinski definition) is 3. The Kier molecular flexibility index (Phi) is 6.29. The van der Waals surface area contributed by atoms with Crippen molar-refractivity contribution < 1.29 is 19.1 Å². The minimum absolute atomic E-state index is 0.112. The Labute approximate surface area is 190 Å². The van der Waals surface area contributed by atoms with E-state index in [0.29, 0.717) is 11.1 Å². The molecule has 0 aliphatic carbocycles. The van der Waals surface area contributed by atoms with Crippen LogP contribution in [0.3, 0.4) is 0 Å². The van der Waals surface area contributed by atoms with Crippen LogP contribution in [0.1, 0.15) is 21.5 Å². The van der Waals surface area contributed by atoms with Crippen molar-refractivity contribution >= 4 is 17.5 Å². The monoisotopic (exact) mass is 440 g/mol. The Morgan fingerprint density at radius 3 is 1.76 bits per heavy atom. The molecule has 0 saturated heterocycles. The van der Waals surface area contributed by atoms with Gasteiger partial charge >= 0.3 is 0 Å². The molecule has 0 spiro atoms. The molecular weight excluding hydrogens is 419 g/mol. The van der Waals surface area contributed by atoms with Crippen molar-refractivity contribution in [1.82, 2.24) is 5.43 Å². The normalized spacial score (nSPS) is 11.0. The fraction of sp³-hybridized carbons (Fsp3) is 0.0370. The first kappa shape index (κ1) is 21.9. The zero-order valence-corrected chi connectivity index (χ0v) is 17.6. The number of halogens is 1. The molecule has 33 heavy (non-hydrogen) atoms. The van der Waals surface area contributed by atoms with Crippen LogP contribution in [0, 0.1) is 5.82 Å². The average Bonchev–Trinajstić information content (AvgIpc) is 2.87. The summed E-state index contributed by atoms with van der Waals surface area (Å²) in [7, 11) is 0. The van der Waals surface area contributed by atoms with Crippen molar-refractivity contribution in [3.63, 3.8) is 0 Å². The summed E-state index contributed by atoms with van der Waals surface area (Å²) in [5.74, 6) is -2.03. The number of nitrogens with zero attached hydrogens (tertiary/aromatic N) is 1. The number of aliphatic hydroxyl groups is 1. The van der Waals surface area contributed by atoms with Crippen LogP contribution in [-0.2, 0) is 10.4 Å². The van der Waals surface area contributed by atoms with Gasteiger partial charge in [-0.25, -0.2) is 9.40 Å². The van der Waals surface area contributed by atoms with Gasteiger partial charge in [-0.05, 0) is 41.5 Å². The predicted molar refractivity (Wildman–Crippen MR) is 124 cm³/mol. The third kappa shape index (κ3) is 4.51. The summed E-state index contributed by atoms with van der Waals surface area (Å²) in [6.07, 6.45) is 0. The summed E-state index contributed by atoms with van der Waals surface area (Å²) in [6, 6.07) is 30.4. The van der Waals surface area contributed by atoms with Crippen molar-refractivity contribution in [2.75, 3.05) is 5.01 Å². The fourth-order valence-corrected chi connectivity index (χ4v) is 3.53. The highest BCUT2D eigenvalue weighted by Gasteiger charge is 2.41. The molecule has 0 radical (unpaired) electrons. The van der Waals surface area contributed by atoms with Gasteiger partial charge in [0, 0.05) is 5.56 Å². The van der Waals surface area contributed by atoms with Crippen molar-refractivity contribution in [3.8, 4) is 0 Å². The largest absolute Gasteiger partial charge is 0.372 e. The summed E-state index contributed by atoms with van der Waals surface area (Å²) in [5.41, 5.74) is 1.45. The molecular formula is C27H21FN2O3. The topological polar surface area (TPSA) is 69.6 Å². The number of hydrazine groups is 1. The van der Waals surface area contributed by atoms with Gasteiger partial charge in [0.1, 0.15) is 5.82 Å². The van der Waals surface area contributed by atoms with Gasteiger partial charge in [-0.15, -0.1) is 0 Å². The number of amides is 2. The molecule has 0 heterocycles. The summed E-state index contributed by atoms with van der Waals surface area (Å²) in [6.45, 7) is 0. The van der Waals surface area contributed by atoms with E-state index in [0.717, 1.165) is 11.1 Å². The molecule has 6 heteroatoms. The standard InChI is InChI=1S/C27H21FN2O3/c28-23-17-10-18-24(19-23)30(25(31)20-11-4-1-5-12-20)29-26(32)27(33,21-13-6-2-7-14-21)22-15-8-3-9-16-22/h1-19,33H,(H,29,32). The lowest BCUT2D eigenvalue weighted by Crippen LogP contribution is -2.54. The van der Waals surface area contributed by atoms with E-state index in [4.69, 9.17) is 0 Å². The van der Waals surface area contributed by atoms with Crippen LogP contribution < -0.4 is 10.4 Å². The van der Waals surface area contributed by atoms with E-state index in [1.165, 1.54) is 18.2 Å². The lowest BCUT2D eigenvalue weighted by molar-refractivity contribution is -0.136. The van der Waals surface area contributed by atoms with Gasteiger partial charge in [-0.2, -0.15) is 0 Å². The van der Waals surface area contributed by atoms with Crippen LogP contribution >= 0.6 is 0 Å². The molecule has 0 aliphatic rings. The van der Waals surface area contributed by atoms with Gasteiger partial charge in [0.05, 0.1) is 5.69 Å². The fourth-order valence-electron chi connectivity index (χ4n) is 3.53. The SMILES string of the molecule is O=C(c1ccccc1)N(NC(=O)C(O)(c1ccccc1)c1ccccc1)c1cccc(F)c1. The molecule has 0 aliphatic heterocycles. The first-order valence-corrected chi connectivity index (χ1v) is 10.3. The highest BCUT2D eigenvalue weighted by atomic mass is 19.1. The van der Waals surface area contributed by atoms with E-state index >= 15 is 0 Å². The van der Waals surface area contributed by atoms with Crippen LogP contribution in [0.2, 0.25) is 0 Å². The number of anilines is 1. The Balaban J connectivity index is 1.78. The molecule has 2 N–H and O–H groups in total. The quantitative estimate of drug-likeness (QED) is 0.451. The second-order valence-electron chi connectivity index (χ2n) is 7.37. The van der Waals surface area contributed by atoms with E-state index < -0.39 is 23.2 Å². The van der Waals surface area contributed by atoms with E-state index in [-0.39, 0.29) is 11.3 Å². The summed E-state index contributed by atoms with van der Waals surface area (Å²) >= 11 is 0. The minimum Gasteiger partial charge on any atom is -0.372 e. The lowest BCUT2D eigenvalue weighted by atomic mass is 9.85. The van der Waals surface area contributed by atoms with Gasteiger partial charge in [0.2, 0.25) is 0 Å². The highest BCUT2D eigenvalue weighted by molar-refractivity contribution is 6.08. The van der Waals surface area contributed by atoms with E-state index in [1.54, 1.807) is 91.0 Å². The summed E-state index contributed by atoms with van der Waals surface area (Å²) in [4.78, 5) is 26.9. The van der Waals surface area contributed by atoms with E-state index in [2.05, 4.69) is 5.43 Å². The Morgan fingerprint density at radius 1 is 0.727 bits per heavy atom. The number of hydrogen-bond donors (Lipinski definition) is 2. The number of nitrogens with one attached hydrogen (secondary N) is 1. The second kappa shape index (κ2) is 9.46. The maximum atomic E-state index is 14.0. The molecule has 164 valence electrons. The van der Waals surface area contributed by atoms with Gasteiger partial charge in [-0.1, -0.05) is 84.9 Å². The van der Waals surface area contributed by atoms with Crippen molar-refractivity contribution in [2.45, 2.75) is 5.60 Å². The molecule has 0 fully saturated rings. The highest BCUT2D eigenvalue weighted by Crippen LogP contribution is 2.30. The van der Waals surface area contributed by atoms with Crippen molar-refractivity contribution in [3.05, 3.63) is 138 Å². The maximum Gasteiger partial charge on any atom is 0.280 e. The predicted octanol–water partition coefficient (Wildman–Crippen LogP) is 4.44. The number of carbonyl (C=O) groups is 2. The number of carbonyl (C=O) groups excluding carboxylic acids is 2. The zero-order chi connectivity index (χ0) is 23.3. The van der Waals surface area contributed by atoms with Crippen LogP contribution in [0.15, 0.2) is 115 Å². The average molecular weight is 440 g/mol. The zero-order valence-electron chi connectivity index (χ0n) is 17.6. The molecule has 0 saturated carbocycles. The first-order chi connectivity index (χ1) is 16.0. The lowest BCUT2D eigenvalue weighted by Gasteiger charge is -2.32. The number of benzene rings is 4. The summed E-state index contributed by atoms with van der Waals surface area (Å²) in [5, 5.41) is 12.6. The van der Waals surface area contributed by atoms with Crippen molar-refractivity contribution in [1.29, 1.82) is 0 Å². The number of rotatable bonds is 5. The van der Waals surface area contributed by atoms with Crippen LogP contribution in [0.4, 0.5) is 10.1 Å². The first-order valence-electron chi connectivity index (χ1n) is 10.3. The van der Waals surface area contributed by atoms with Gasteiger partial charge < -0.3 is 5.11 Å². The maximum absolute atomic E-state index is 14.0. The summed E-state index contributed by atoms with van der Waals surface area (Å²) < 4.78 is 14.0. The third-order valence-electron chi connectivity index (χ3n) is 5.22. The van der Waals surface area contributed by atoms with E-state index in [9.17, 15) is 19.1 Å². The molecule has 4 aromatic rings. The molecule has 2 amide bonds. The van der Waals surface area contributed by atoms with Gasteiger partial charge in [0.25, 0.3) is 11.8 Å². The van der Waals surface area contributed by atoms with Gasteiger partial charge in [-0.3, -0.25) is 15.0 Å². The molecule has 4 aromatic carbocycles. The molecule has 0 aromatic heterocycles. The van der Waals surface area contributed by atoms with Crippen LogP contribution in [0.25, 0.3) is 0 Å². The molecule has 0 atom stereocenters.